The van der Waals surface area contributed by atoms with Crippen molar-refractivity contribution in [3.05, 3.63) is 63.8 Å². The van der Waals surface area contributed by atoms with E-state index in [4.69, 9.17) is 0 Å². The Morgan fingerprint density at radius 1 is 1.09 bits per heavy atom. The fourth-order valence-corrected chi connectivity index (χ4v) is 2.37. The summed E-state index contributed by atoms with van der Waals surface area (Å²) in [7, 11) is 0. The van der Waals surface area contributed by atoms with Gasteiger partial charge in [-0.3, -0.25) is 4.79 Å². The molecule has 1 aliphatic rings. The van der Waals surface area contributed by atoms with Gasteiger partial charge in [0.2, 0.25) is 0 Å². The third kappa shape index (κ3) is 4.10. The second-order valence-electron chi connectivity index (χ2n) is 6.29. The first kappa shape index (κ1) is 16.6. The molecule has 1 aliphatic carbocycles. The molecule has 0 amide bonds. The quantitative estimate of drug-likeness (QED) is 0.605. The van der Waals surface area contributed by atoms with Crippen LogP contribution in [0.15, 0.2) is 74.0 Å². The van der Waals surface area contributed by atoms with Crippen molar-refractivity contribution in [3.63, 3.8) is 0 Å². The first-order valence-electron chi connectivity index (χ1n) is 7.09. The summed E-state index contributed by atoms with van der Waals surface area (Å²) >= 11 is 3.38. The summed E-state index contributed by atoms with van der Waals surface area (Å²) in [4.78, 5) is 12.2. The van der Waals surface area contributed by atoms with Crippen LogP contribution in [0.5, 0.6) is 0 Å². The number of ketones is 1. The van der Waals surface area contributed by atoms with Gasteiger partial charge in [-0.05, 0) is 59.9 Å². The van der Waals surface area contributed by atoms with E-state index >= 15 is 0 Å². The number of Topliss-reactive ketones (excluding diaryl/α,β-unsaturated/α-hetero) is 1. The molecule has 0 spiro atoms. The topological polar surface area (TPSA) is 41.8 Å². The fourth-order valence-electron chi connectivity index (χ4n) is 2.10. The molecular weight excluding hydrogens is 340 g/mol. The summed E-state index contributed by atoms with van der Waals surface area (Å²) in [6, 6.07) is 7.60. The molecule has 0 atom stereocenters. The molecule has 0 N–H and O–H groups in total. The van der Waals surface area contributed by atoms with Crippen LogP contribution in [0.1, 0.15) is 27.7 Å². The van der Waals surface area contributed by atoms with Crippen molar-refractivity contribution in [3.8, 4) is 0 Å². The van der Waals surface area contributed by atoms with Gasteiger partial charge >= 0.3 is 0 Å². The van der Waals surface area contributed by atoms with Crippen LogP contribution in [-0.2, 0) is 4.79 Å². The molecule has 0 radical (unpaired) electrons. The number of carbonyl (C=O) groups is 1. The van der Waals surface area contributed by atoms with Crippen molar-refractivity contribution >= 4 is 27.4 Å². The highest BCUT2D eigenvalue weighted by molar-refractivity contribution is 9.10. The number of benzene rings is 1. The zero-order valence-corrected chi connectivity index (χ0v) is 14.8. The van der Waals surface area contributed by atoms with E-state index in [1.807, 2.05) is 64.1 Å². The number of hydrogen-bond acceptors (Lipinski definition) is 3. The minimum Gasteiger partial charge on any atom is -0.289 e. The van der Waals surface area contributed by atoms with E-state index in [9.17, 15) is 4.79 Å². The maximum Gasteiger partial charge on any atom is 0.185 e. The maximum atomic E-state index is 12.2. The SMILES string of the molecule is CC1=CC(=CN=Nc2ccc(Br)cc2)C=C(C(C)(C)C)C1=O. The number of nitrogens with zero attached hydrogens (tertiary/aromatic N) is 2. The molecule has 0 saturated carbocycles. The highest BCUT2D eigenvalue weighted by atomic mass is 79.9. The molecule has 0 heterocycles. The summed E-state index contributed by atoms with van der Waals surface area (Å²) in [5.74, 6) is 0.106. The van der Waals surface area contributed by atoms with Crippen molar-refractivity contribution in [1.82, 2.24) is 0 Å². The zero-order valence-electron chi connectivity index (χ0n) is 13.2. The molecule has 114 valence electrons. The number of halogens is 1. The largest absolute Gasteiger partial charge is 0.289 e. The van der Waals surface area contributed by atoms with Crippen molar-refractivity contribution in [2.24, 2.45) is 15.6 Å². The predicted molar refractivity (Wildman–Crippen MR) is 93.0 cm³/mol. The normalized spacial score (nSPS) is 17.9. The summed E-state index contributed by atoms with van der Waals surface area (Å²) in [6.07, 6.45) is 5.43. The lowest BCUT2D eigenvalue weighted by Gasteiger charge is -2.24. The monoisotopic (exact) mass is 358 g/mol. The first-order valence-corrected chi connectivity index (χ1v) is 7.88. The molecule has 0 fully saturated rings. The smallest absolute Gasteiger partial charge is 0.185 e. The number of allylic oxidation sites excluding steroid dienone is 5. The molecule has 0 bridgehead atoms. The fraction of sp³-hybridized carbons (Fsp3) is 0.278. The average molecular weight is 359 g/mol. The van der Waals surface area contributed by atoms with Crippen LogP contribution in [-0.4, -0.2) is 5.78 Å². The molecular formula is C18H19BrN2O. The maximum absolute atomic E-state index is 12.2. The third-order valence-corrected chi connectivity index (χ3v) is 3.84. The Kier molecular flexibility index (Phi) is 4.91. The molecule has 22 heavy (non-hydrogen) atoms. The summed E-state index contributed by atoms with van der Waals surface area (Å²) in [6.45, 7) is 7.95. The Hall–Kier alpha value is -1.81. The van der Waals surface area contributed by atoms with Gasteiger partial charge in [0.1, 0.15) is 0 Å². The van der Waals surface area contributed by atoms with Gasteiger partial charge in [0.05, 0.1) is 11.9 Å². The van der Waals surface area contributed by atoms with Crippen molar-refractivity contribution in [2.75, 3.05) is 0 Å². The Morgan fingerprint density at radius 3 is 2.32 bits per heavy atom. The molecule has 1 aromatic carbocycles. The van der Waals surface area contributed by atoms with E-state index in [-0.39, 0.29) is 11.2 Å². The summed E-state index contributed by atoms with van der Waals surface area (Å²) in [5, 5.41) is 8.28. The van der Waals surface area contributed by atoms with E-state index < -0.39 is 0 Å². The van der Waals surface area contributed by atoms with Crippen LogP contribution in [0, 0.1) is 5.41 Å². The van der Waals surface area contributed by atoms with Gasteiger partial charge in [0, 0.05) is 10.0 Å². The third-order valence-electron chi connectivity index (χ3n) is 3.31. The molecule has 3 nitrogen and oxygen atoms in total. The number of hydrogen-bond donors (Lipinski definition) is 0. The van der Waals surface area contributed by atoms with Gasteiger partial charge in [-0.1, -0.05) is 36.7 Å². The lowest BCUT2D eigenvalue weighted by atomic mass is 9.78. The Bertz CT molecular complexity index is 702. The molecule has 1 aromatic rings. The lowest BCUT2D eigenvalue weighted by Crippen LogP contribution is -2.21. The van der Waals surface area contributed by atoms with Crippen LogP contribution in [0.3, 0.4) is 0 Å². The number of rotatable bonds is 2. The molecule has 0 aliphatic heterocycles. The van der Waals surface area contributed by atoms with Crippen molar-refractivity contribution in [1.29, 1.82) is 0 Å². The zero-order chi connectivity index (χ0) is 16.3. The number of carbonyl (C=O) groups excluding carboxylic acids is 1. The second kappa shape index (κ2) is 6.53. The summed E-state index contributed by atoms with van der Waals surface area (Å²) < 4.78 is 1.01. The van der Waals surface area contributed by atoms with Gasteiger partial charge < -0.3 is 0 Å². The average Bonchev–Trinajstić information content (AvgIpc) is 2.43. The first-order chi connectivity index (χ1) is 10.3. The lowest BCUT2D eigenvalue weighted by molar-refractivity contribution is -0.113. The summed E-state index contributed by atoms with van der Waals surface area (Å²) in [5.41, 5.74) is 3.03. The van der Waals surface area contributed by atoms with Gasteiger partial charge in [0.25, 0.3) is 0 Å². The molecule has 2 rings (SSSR count). The molecule has 0 aromatic heterocycles. The predicted octanol–water partition coefficient (Wildman–Crippen LogP) is 5.92. The van der Waals surface area contributed by atoms with Gasteiger partial charge in [-0.25, -0.2) is 0 Å². The van der Waals surface area contributed by atoms with Crippen LogP contribution >= 0.6 is 15.9 Å². The molecule has 0 unspecified atom stereocenters. The minimum absolute atomic E-state index is 0.106. The van der Waals surface area contributed by atoms with Gasteiger partial charge in [-0.15, -0.1) is 0 Å². The highest BCUT2D eigenvalue weighted by Gasteiger charge is 2.27. The van der Waals surface area contributed by atoms with E-state index in [1.54, 1.807) is 6.20 Å². The molecule has 4 heteroatoms. The molecule has 0 saturated heterocycles. The van der Waals surface area contributed by atoms with Crippen LogP contribution < -0.4 is 0 Å². The Labute approximate surface area is 139 Å². The van der Waals surface area contributed by atoms with Crippen LogP contribution in [0.25, 0.3) is 0 Å². The van der Waals surface area contributed by atoms with Crippen LogP contribution in [0.2, 0.25) is 0 Å². The Morgan fingerprint density at radius 2 is 1.73 bits per heavy atom. The van der Waals surface area contributed by atoms with Crippen LogP contribution in [0.4, 0.5) is 5.69 Å². The van der Waals surface area contributed by atoms with E-state index in [0.717, 1.165) is 26.9 Å². The Balaban J connectivity index is 2.25. The standard InChI is InChI=1S/C18H19BrN2O/c1-12-9-13(10-16(17(12)22)18(2,3)4)11-20-21-15-7-5-14(19)6-8-15/h5-11H,1-4H3. The van der Waals surface area contributed by atoms with Gasteiger partial charge in [0.15, 0.2) is 5.78 Å². The highest BCUT2D eigenvalue weighted by Crippen LogP contribution is 2.32. The van der Waals surface area contributed by atoms with Crippen molar-refractivity contribution in [2.45, 2.75) is 27.7 Å². The second-order valence-corrected chi connectivity index (χ2v) is 7.20. The number of azo groups is 1. The van der Waals surface area contributed by atoms with E-state index in [0.29, 0.717) is 0 Å². The van der Waals surface area contributed by atoms with E-state index in [2.05, 4.69) is 26.2 Å². The minimum atomic E-state index is -0.186. The van der Waals surface area contributed by atoms with Gasteiger partial charge in [-0.2, -0.15) is 10.2 Å². The van der Waals surface area contributed by atoms with Crippen molar-refractivity contribution < 1.29 is 4.79 Å². The van der Waals surface area contributed by atoms with E-state index in [1.165, 1.54) is 0 Å².